The van der Waals surface area contributed by atoms with E-state index < -0.39 is 0 Å². The summed E-state index contributed by atoms with van der Waals surface area (Å²) in [6.07, 6.45) is 0.997. The Balaban J connectivity index is 2.40. The van der Waals surface area contributed by atoms with E-state index in [1.807, 2.05) is 12.1 Å². The lowest BCUT2D eigenvalue weighted by atomic mass is 9.97. The summed E-state index contributed by atoms with van der Waals surface area (Å²) in [5, 5.41) is 9.37. The zero-order chi connectivity index (χ0) is 10.6. The molecule has 0 heterocycles. The van der Waals surface area contributed by atoms with Crippen LogP contribution in [-0.4, -0.2) is 5.11 Å². The second-order valence-corrected chi connectivity index (χ2v) is 5.55. The van der Waals surface area contributed by atoms with E-state index in [9.17, 15) is 5.11 Å². The van der Waals surface area contributed by atoms with Crippen LogP contribution in [0.25, 0.3) is 0 Å². The molecule has 0 aromatic heterocycles. The summed E-state index contributed by atoms with van der Waals surface area (Å²) in [6.45, 7) is 4.32. The first kappa shape index (κ1) is 9.99. The van der Waals surface area contributed by atoms with Crippen molar-refractivity contribution < 1.29 is 5.11 Å². The number of nitrogens with two attached hydrogens (primary N) is 1. The normalized spacial score (nSPS) is 28.9. The minimum absolute atomic E-state index is 0.170. The number of phenolic OH excluding ortho intramolecular Hbond substituents is 1. The highest BCUT2D eigenvalue weighted by Gasteiger charge is 2.59. The van der Waals surface area contributed by atoms with Crippen molar-refractivity contribution >= 4 is 15.9 Å². The number of halogens is 1. The Kier molecular flexibility index (Phi) is 1.95. The van der Waals surface area contributed by atoms with Gasteiger partial charge in [-0.1, -0.05) is 19.9 Å². The highest BCUT2D eigenvalue weighted by Crippen LogP contribution is 2.60. The van der Waals surface area contributed by atoms with Gasteiger partial charge >= 0.3 is 0 Å². The lowest BCUT2D eigenvalue weighted by Crippen LogP contribution is -2.25. The molecule has 0 bridgehead atoms. The van der Waals surface area contributed by atoms with Gasteiger partial charge in [0.25, 0.3) is 0 Å². The Labute approximate surface area is 92.3 Å². The standard InChI is InChI=1S/C11H14BrNO/c1-10(2)6-11(10,13)7-3-4-9(14)8(12)5-7/h3-5,14H,6,13H2,1-2H3. The zero-order valence-corrected chi connectivity index (χ0v) is 9.93. The number of hydrogen-bond donors (Lipinski definition) is 2. The molecule has 0 amide bonds. The van der Waals surface area contributed by atoms with Crippen LogP contribution in [0, 0.1) is 5.41 Å². The molecule has 2 rings (SSSR count). The molecule has 0 spiro atoms. The maximum absolute atomic E-state index is 9.37. The van der Waals surface area contributed by atoms with Gasteiger partial charge in [0.1, 0.15) is 5.75 Å². The summed E-state index contributed by atoms with van der Waals surface area (Å²) in [5.74, 6) is 0.260. The lowest BCUT2D eigenvalue weighted by molar-refractivity contribution is 0.469. The van der Waals surface area contributed by atoms with Gasteiger partial charge in [0.2, 0.25) is 0 Å². The van der Waals surface area contributed by atoms with Crippen LogP contribution < -0.4 is 5.73 Å². The van der Waals surface area contributed by atoms with Crippen LogP contribution in [0.5, 0.6) is 5.75 Å². The molecule has 14 heavy (non-hydrogen) atoms. The number of phenols is 1. The van der Waals surface area contributed by atoms with Crippen molar-refractivity contribution in [2.75, 3.05) is 0 Å². The lowest BCUT2D eigenvalue weighted by Gasteiger charge is -2.16. The first-order chi connectivity index (χ1) is 6.37. The van der Waals surface area contributed by atoms with Gasteiger partial charge in [-0.25, -0.2) is 0 Å². The summed E-state index contributed by atoms with van der Waals surface area (Å²) in [7, 11) is 0. The Bertz CT molecular complexity index is 389. The fraction of sp³-hybridized carbons (Fsp3) is 0.455. The SMILES string of the molecule is CC1(C)CC1(N)c1ccc(O)c(Br)c1. The maximum Gasteiger partial charge on any atom is 0.129 e. The Morgan fingerprint density at radius 2 is 2.00 bits per heavy atom. The molecule has 1 aromatic rings. The van der Waals surface area contributed by atoms with Crippen LogP contribution in [-0.2, 0) is 5.54 Å². The summed E-state index contributed by atoms with van der Waals surface area (Å²) in [6, 6.07) is 5.49. The van der Waals surface area contributed by atoms with Crippen LogP contribution >= 0.6 is 15.9 Å². The zero-order valence-electron chi connectivity index (χ0n) is 8.34. The van der Waals surface area contributed by atoms with Gasteiger partial charge in [0.15, 0.2) is 0 Å². The Morgan fingerprint density at radius 3 is 2.43 bits per heavy atom. The Morgan fingerprint density at radius 1 is 1.43 bits per heavy atom. The predicted octanol–water partition coefficient (Wildman–Crippen LogP) is 2.74. The summed E-state index contributed by atoms with van der Waals surface area (Å²) >= 11 is 3.30. The van der Waals surface area contributed by atoms with Crippen molar-refractivity contribution in [2.24, 2.45) is 11.1 Å². The highest BCUT2D eigenvalue weighted by molar-refractivity contribution is 9.10. The molecule has 3 heteroatoms. The van der Waals surface area contributed by atoms with E-state index in [0.717, 1.165) is 12.0 Å². The molecular formula is C11H14BrNO. The predicted molar refractivity (Wildman–Crippen MR) is 60.1 cm³/mol. The molecule has 1 fully saturated rings. The minimum atomic E-state index is -0.219. The molecule has 2 nitrogen and oxygen atoms in total. The van der Waals surface area contributed by atoms with Crippen LogP contribution in [0.2, 0.25) is 0 Å². The van der Waals surface area contributed by atoms with Crippen molar-refractivity contribution in [1.82, 2.24) is 0 Å². The molecule has 0 saturated heterocycles. The molecule has 1 atom stereocenters. The van der Waals surface area contributed by atoms with Gasteiger partial charge in [-0.15, -0.1) is 0 Å². The average Bonchev–Trinajstić information content (AvgIpc) is 2.58. The summed E-state index contributed by atoms with van der Waals surface area (Å²) in [5.41, 5.74) is 7.30. The monoisotopic (exact) mass is 255 g/mol. The van der Waals surface area contributed by atoms with Gasteiger partial charge < -0.3 is 10.8 Å². The average molecular weight is 256 g/mol. The molecule has 1 aliphatic carbocycles. The van der Waals surface area contributed by atoms with Crippen LogP contribution in [0.3, 0.4) is 0 Å². The van der Waals surface area contributed by atoms with Crippen molar-refractivity contribution in [3.05, 3.63) is 28.2 Å². The van der Waals surface area contributed by atoms with Crippen LogP contribution in [0.4, 0.5) is 0 Å². The van der Waals surface area contributed by atoms with Gasteiger partial charge in [-0.3, -0.25) is 0 Å². The number of aromatic hydroxyl groups is 1. The summed E-state index contributed by atoms with van der Waals surface area (Å²) < 4.78 is 0.711. The van der Waals surface area contributed by atoms with E-state index in [4.69, 9.17) is 5.73 Å². The third-order valence-corrected chi connectivity index (χ3v) is 3.90. The molecule has 3 N–H and O–H groups in total. The van der Waals surface area contributed by atoms with Crippen molar-refractivity contribution in [2.45, 2.75) is 25.8 Å². The molecule has 1 aliphatic rings. The molecule has 0 radical (unpaired) electrons. The number of benzene rings is 1. The smallest absolute Gasteiger partial charge is 0.129 e. The van der Waals surface area contributed by atoms with Crippen molar-refractivity contribution in [3.63, 3.8) is 0 Å². The molecule has 1 saturated carbocycles. The van der Waals surface area contributed by atoms with E-state index in [2.05, 4.69) is 29.8 Å². The van der Waals surface area contributed by atoms with Crippen molar-refractivity contribution in [1.29, 1.82) is 0 Å². The van der Waals surface area contributed by atoms with Crippen molar-refractivity contribution in [3.8, 4) is 5.75 Å². The molecule has 76 valence electrons. The first-order valence-electron chi connectivity index (χ1n) is 4.65. The fourth-order valence-corrected chi connectivity index (χ4v) is 2.31. The van der Waals surface area contributed by atoms with Gasteiger partial charge in [-0.05, 0) is 45.5 Å². The molecule has 1 unspecified atom stereocenters. The minimum Gasteiger partial charge on any atom is -0.507 e. The second kappa shape index (κ2) is 2.74. The topological polar surface area (TPSA) is 46.2 Å². The largest absolute Gasteiger partial charge is 0.507 e. The van der Waals surface area contributed by atoms with Crippen LogP contribution in [0.1, 0.15) is 25.8 Å². The molecule has 1 aromatic carbocycles. The second-order valence-electron chi connectivity index (χ2n) is 4.70. The van der Waals surface area contributed by atoms with E-state index >= 15 is 0 Å². The molecular weight excluding hydrogens is 242 g/mol. The third kappa shape index (κ3) is 1.27. The third-order valence-electron chi connectivity index (χ3n) is 3.27. The van der Waals surface area contributed by atoms with Gasteiger partial charge in [0, 0.05) is 5.54 Å². The Hall–Kier alpha value is -0.540. The van der Waals surface area contributed by atoms with E-state index in [0.29, 0.717) is 4.47 Å². The summed E-state index contributed by atoms with van der Waals surface area (Å²) in [4.78, 5) is 0. The van der Waals surface area contributed by atoms with Crippen LogP contribution in [0.15, 0.2) is 22.7 Å². The fourth-order valence-electron chi connectivity index (χ4n) is 1.93. The quantitative estimate of drug-likeness (QED) is 0.811. The van der Waals surface area contributed by atoms with Gasteiger partial charge in [0.05, 0.1) is 4.47 Å². The molecule has 0 aliphatic heterocycles. The van der Waals surface area contributed by atoms with E-state index in [-0.39, 0.29) is 16.7 Å². The van der Waals surface area contributed by atoms with E-state index in [1.165, 1.54) is 0 Å². The number of hydrogen-bond acceptors (Lipinski definition) is 2. The first-order valence-corrected chi connectivity index (χ1v) is 5.44. The van der Waals surface area contributed by atoms with Gasteiger partial charge in [-0.2, -0.15) is 0 Å². The highest BCUT2D eigenvalue weighted by atomic mass is 79.9. The number of rotatable bonds is 1. The maximum atomic E-state index is 9.37. The van der Waals surface area contributed by atoms with E-state index in [1.54, 1.807) is 6.07 Å².